The highest BCUT2D eigenvalue weighted by Crippen LogP contribution is 2.37. The molecule has 0 aliphatic rings. The van der Waals surface area contributed by atoms with Gasteiger partial charge >= 0.3 is 6.18 Å². The Balaban J connectivity index is 1.62. The fourth-order valence-electron chi connectivity index (χ4n) is 3.04. The average molecular weight is 392 g/mol. The first-order chi connectivity index (χ1) is 13.9. The Morgan fingerprint density at radius 1 is 0.793 bits per heavy atom. The third-order valence-electron chi connectivity index (χ3n) is 4.48. The standard InChI is InChI=1S/C22H15F3N4/c23-22(24,25)18-8-4-3-7-17(18)19-12-10-15(13-27-19)28-29-20-11-9-14-5-1-2-6-16(14)21(20)26/h1-13H,26H2. The van der Waals surface area contributed by atoms with Gasteiger partial charge in [-0.1, -0.05) is 48.5 Å². The lowest BCUT2D eigenvalue weighted by Gasteiger charge is -2.12. The molecule has 0 amide bonds. The Kier molecular flexibility index (Phi) is 4.72. The lowest BCUT2D eigenvalue weighted by Crippen LogP contribution is -2.07. The summed E-state index contributed by atoms with van der Waals surface area (Å²) in [7, 11) is 0. The Morgan fingerprint density at radius 2 is 1.55 bits per heavy atom. The first-order valence-electron chi connectivity index (χ1n) is 8.75. The van der Waals surface area contributed by atoms with Crippen LogP contribution in [0.4, 0.5) is 30.2 Å². The number of nitrogen functional groups attached to an aromatic ring is 1. The van der Waals surface area contributed by atoms with Crippen LogP contribution in [-0.2, 0) is 6.18 Å². The maximum atomic E-state index is 13.2. The van der Waals surface area contributed by atoms with Crippen LogP contribution >= 0.6 is 0 Å². The number of anilines is 1. The number of fused-ring (bicyclic) bond motifs is 1. The molecule has 29 heavy (non-hydrogen) atoms. The topological polar surface area (TPSA) is 63.6 Å². The van der Waals surface area contributed by atoms with E-state index in [1.54, 1.807) is 18.2 Å². The first kappa shape index (κ1) is 18.6. The SMILES string of the molecule is Nc1c(N=Nc2ccc(-c3ccccc3C(F)(F)F)nc2)ccc2ccccc12. The molecule has 0 bridgehead atoms. The third kappa shape index (κ3) is 3.80. The highest BCUT2D eigenvalue weighted by Gasteiger charge is 2.33. The molecule has 0 saturated heterocycles. The van der Waals surface area contributed by atoms with Gasteiger partial charge in [0.25, 0.3) is 0 Å². The molecule has 144 valence electrons. The summed E-state index contributed by atoms with van der Waals surface area (Å²) in [6.45, 7) is 0. The van der Waals surface area contributed by atoms with Gasteiger partial charge in [-0.2, -0.15) is 13.2 Å². The highest BCUT2D eigenvalue weighted by molar-refractivity contribution is 5.97. The Hall–Kier alpha value is -3.74. The Morgan fingerprint density at radius 3 is 2.31 bits per heavy atom. The number of hydrogen-bond donors (Lipinski definition) is 1. The third-order valence-corrected chi connectivity index (χ3v) is 4.48. The number of azo groups is 1. The van der Waals surface area contributed by atoms with Crippen molar-refractivity contribution in [2.75, 3.05) is 5.73 Å². The minimum atomic E-state index is -4.45. The zero-order chi connectivity index (χ0) is 20.4. The second-order valence-electron chi connectivity index (χ2n) is 6.36. The lowest BCUT2D eigenvalue weighted by molar-refractivity contribution is -0.137. The van der Waals surface area contributed by atoms with E-state index in [4.69, 9.17) is 5.73 Å². The van der Waals surface area contributed by atoms with E-state index in [0.29, 0.717) is 17.1 Å². The number of benzene rings is 3. The lowest BCUT2D eigenvalue weighted by atomic mass is 10.0. The maximum Gasteiger partial charge on any atom is 0.417 e. The van der Waals surface area contributed by atoms with Gasteiger partial charge in [0.1, 0.15) is 11.4 Å². The molecule has 1 aromatic heterocycles. The van der Waals surface area contributed by atoms with Crippen LogP contribution < -0.4 is 5.73 Å². The van der Waals surface area contributed by atoms with Gasteiger partial charge in [-0.15, -0.1) is 10.2 Å². The predicted octanol–water partition coefficient (Wildman–Crippen LogP) is 6.92. The van der Waals surface area contributed by atoms with Crippen molar-refractivity contribution >= 4 is 27.8 Å². The molecule has 4 aromatic rings. The van der Waals surface area contributed by atoms with Crippen molar-refractivity contribution in [2.24, 2.45) is 10.2 Å². The van der Waals surface area contributed by atoms with Crippen LogP contribution in [0.3, 0.4) is 0 Å². The molecule has 0 aliphatic heterocycles. The summed E-state index contributed by atoms with van der Waals surface area (Å²) >= 11 is 0. The zero-order valence-corrected chi connectivity index (χ0v) is 15.1. The summed E-state index contributed by atoms with van der Waals surface area (Å²) in [4.78, 5) is 4.12. The molecule has 2 N–H and O–H groups in total. The van der Waals surface area contributed by atoms with E-state index in [2.05, 4.69) is 15.2 Å². The van der Waals surface area contributed by atoms with E-state index in [-0.39, 0.29) is 11.3 Å². The predicted molar refractivity (Wildman–Crippen MR) is 107 cm³/mol. The Labute approximate surface area is 164 Å². The van der Waals surface area contributed by atoms with Crippen molar-refractivity contribution in [1.82, 2.24) is 4.98 Å². The summed E-state index contributed by atoms with van der Waals surface area (Å²) in [6.07, 6.45) is -3.08. The summed E-state index contributed by atoms with van der Waals surface area (Å²) in [5.74, 6) is 0. The van der Waals surface area contributed by atoms with E-state index < -0.39 is 11.7 Å². The van der Waals surface area contributed by atoms with Crippen LogP contribution in [-0.4, -0.2) is 4.98 Å². The highest BCUT2D eigenvalue weighted by atomic mass is 19.4. The zero-order valence-electron chi connectivity index (χ0n) is 15.1. The van der Waals surface area contributed by atoms with Gasteiger partial charge in [-0.25, -0.2) is 0 Å². The molecule has 0 saturated carbocycles. The quantitative estimate of drug-likeness (QED) is 0.304. The first-order valence-corrected chi connectivity index (χ1v) is 8.75. The van der Waals surface area contributed by atoms with Gasteiger partial charge in [-0.05, 0) is 29.7 Å². The number of rotatable bonds is 3. The van der Waals surface area contributed by atoms with Crippen LogP contribution in [0.15, 0.2) is 89.2 Å². The summed E-state index contributed by atoms with van der Waals surface area (Å²) < 4.78 is 39.6. The number of hydrogen-bond acceptors (Lipinski definition) is 4. The minimum absolute atomic E-state index is 0.0160. The van der Waals surface area contributed by atoms with E-state index in [0.717, 1.165) is 16.8 Å². The van der Waals surface area contributed by atoms with Crippen molar-refractivity contribution in [2.45, 2.75) is 6.18 Å². The molecular formula is C22H15F3N4. The number of halogens is 3. The molecule has 3 aromatic carbocycles. The summed E-state index contributed by atoms with van der Waals surface area (Å²) in [6, 6.07) is 19.7. The van der Waals surface area contributed by atoms with E-state index >= 15 is 0 Å². The van der Waals surface area contributed by atoms with Crippen molar-refractivity contribution in [3.8, 4) is 11.3 Å². The number of nitrogens with zero attached hydrogens (tertiary/aromatic N) is 3. The van der Waals surface area contributed by atoms with Gasteiger partial charge in [-0.3, -0.25) is 4.98 Å². The van der Waals surface area contributed by atoms with Crippen LogP contribution in [0.5, 0.6) is 0 Å². The fourth-order valence-corrected chi connectivity index (χ4v) is 3.04. The average Bonchev–Trinajstić information content (AvgIpc) is 2.73. The number of aromatic nitrogens is 1. The van der Waals surface area contributed by atoms with Crippen molar-refractivity contribution in [1.29, 1.82) is 0 Å². The smallest absolute Gasteiger partial charge is 0.396 e. The summed E-state index contributed by atoms with van der Waals surface area (Å²) in [5.41, 5.74) is 7.09. The van der Waals surface area contributed by atoms with Crippen molar-refractivity contribution < 1.29 is 13.2 Å². The number of nitrogens with two attached hydrogens (primary N) is 1. The minimum Gasteiger partial charge on any atom is -0.396 e. The van der Waals surface area contributed by atoms with Crippen LogP contribution in [0.2, 0.25) is 0 Å². The van der Waals surface area contributed by atoms with Crippen molar-refractivity contribution in [3.63, 3.8) is 0 Å². The molecule has 4 nitrogen and oxygen atoms in total. The number of pyridine rings is 1. The molecule has 7 heteroatoms. The molecule has 0 atom stereocenters. The molecule has 0 unspecified atom stereocenters. The van der Waals surface area contributed by atoms with Gasteiger partial charge in [0.15, 0.2) is 0 Å². The van der Waals surface area contributed by atoms with Crippen molar-refractivity contribution in [3.05, 3.63) is 84.6 Å². The second kappa shape index (κ2) is 7.35. The fraction of sp³-hybridized carbons (Fsp3) is 0.0455. The molecule has 0 aliphatic carbocycles. The summed E-state index contributed by atoms with van der Waals surface area (Å²) in [5, 5.41) is 10.2. The molecule has 4 rings (SSSR count). The van der Waals surface area contributed by atoms with E-state index in [1.165, 1.54) is 24.4 Å². The maximum absolute atomic E-state index is 13.2. The van der Waals surface area contributed by atoms with Crippen LogP contribution in [0.25, 0.3) is 22.0 Å². The Bertz CT molecular complexity index is 1200. The number of alkyl halides is 3. The van der Waals surface area contributed by atoms with Gasteiger partial charge in [0, 0.05) is 10.9 Å². The molecule has 0 spiro atoms. The molecule has 0 radical (unpaired) electrons. The van der Waals surface area contributed by atoms with Gasteiger partial charge < -0.3 is 5.73 Å². The monoisotopic (exact) mass is 392 g/mol. The normalized spacial score (nSPS) is 12.0. The largest absolute Gasteiger partial charge is 0.417 e. The molecule has 1 heterocycles. The van der Waals surface area contributed by atoms with Crippen LogP contribution in [0.1, 0.15) is 5.56 Å². The van der Waals surface area contributed by atoms with Gasteiger partial charge in [0.2, 0.25) is 0 Å². The van der Waals surface area contributed by atoms with E-state index in [9.17, 15) is 13.2 Å². The molecule has 0 fully saturated rings. The van der Waals surface area contributed by atoms with Crippen LogP contribution in [0, 0.1) is 0 Å². The van der Waals surface area contributed by atoms with E-state index in [1.807, 2.05) is 30.3 Å². The molecular weight excluding hydrogens is 377 g/mol. The second-order valence-corrected chi connectivity index (χ2v) is 6.36. The van der Waals surface area contributed by atoms with Gasteiger partial charge in [0.05, 0.1) is 23.1 Å².